The summed E-state index contributed by atoms with van der Waals surface area (Å²) in [4.78, 5) is 0. The number of methoxy groups -OCH3 is 3. The van der Waals surface area contributed by atoms with Gasteiger partial charge < -0.3 is 18.6 Å². The highest BCUT2D eigenvalue weighted by Crippen LogP contribution is 2.55. The van der Waals surface area contributed by atoms with Crippen molar-refractivity contribution < 1.29 is 18.6 Å². The van der Waals surface area contributed by atoms with Crippen molar-refractivity contribution in [3.8, 4) is 17.2 Å². The molecule has 0 unspecified atom stereocenters. The number of rotatable bonds is 6. The highest BCUT2D eigenvalue weighted by atomic mass is 32.2. The molecule has 1 fully saturated rings. The first-order valence-corrected chi connectivity index (χ1v) is 9.80. The Balaban J connectivity index is 2.07. The summed E-state index contributed by atoms with van der Waals surface area (Å²) < 4.78 is 22.1. The van der Waals surface area contributed by atoms with Crippen LogP contribution in [0.15, 0.2) is 34.9 Å². The van der Waals surface area contributed by atoms with E-state index in [1.807, 2.05) is 35.7 Å². The van der Waals surface area contributed by atoms with Crippen molar-refractivity contribution in [2.24, 2.45) is 0 Å². The number of benzene rings is 1. The van der Waals surface area contributed by atoms with Gasteiger partial charge in [-0.2, -0.15) is 0 Å². The molecule has 130 valence electrons. The van der Waals surface area contributed by atoms with Crippen LogP contribution in [-0.4, -0.2) is 32.8 Å². The molecule has 24 heavy (non-hydrogen) atoms. The smallest absolute Gasteiger partial charge is 0.203 e. The predicted octanol–water partition coefficient (Wildman–Crippen LogP) is 4.57. The molecule has 1 aliphatic rings. The second-order valence-electron chi connectivity index (χ2n) is 5.47. The largest absolute Gasteiger partial charge is 0.493 e. The van der Waals surface area contributed by atoms with Gasteiger partial charge in [0.15, 0.2) is 11.5 Å². The van der Waals surface area contributed by atoms with Gasteiger partial charge in [0, 0.05) is 6.42 Å². The van der Waals surface area contributed by atoms with Gasteiger partial charge in [-0.25, -0.2) is 0 Å². The standard InChI is InChI=1S/C18H22O4S2/c1-19-15-10-13(11-16(20-2)17(15)21-3)18(23-8-5-9-24-18)12-14-6-4-7-22-14/h4,6-7,10-11H,5,8-9,12H2,1-3H3. The highest BCUT2D eigenvalue weighted by Gasteiger charge is 2.38. The molecule has 1 saturated heterocycles. The van der Waals surface area contributed by atoms with Gasteiger partial charge in [0.05, 0.1) is 31.7 Å². The average molecular weight is 367 g/mol. The van der Waals surface area contributed by atoms with Gasteiger partial charge in [0.1, 0.15) is 5.76 Å². The Kier molecular flexibility index (Phi) is 5.56. The molecular formula is C18H22O4S2. The maximum Gasteiger partial charge on any atom is 0.203 e. The van der Waals surface area contributed by atoms with Crippen molar-refractivity contribution in [1.29, 1.82) is 0 Å². The van der Waals surface area contributed by atoms with Crippen LogP contribution < -0.4 is 14.2 Å². The third kappa shape index (κ3) is 3.35. The topological polar surface area (TPSA) is 40.8 Å². The normalized spacial score (nSPS) is 16.6. The van der Waals surface area contributed by atoms with Crippen molar-refractivity contribution in [2.75, 3.05) is 32.8 Å². The summed E-state index contributed by atoms with van der Waals surface area (Å²) >= 11 is 3.93. The fourth-order valence-corrected chi connectivity index (χ4v) is 6.20. The zero-order chi connectivity index (χ0) is 17.0. The maximum atomic E-state index is 5.63. The number of furan rings is 1. The summed E-state index contributed by atoms with van der Waals surface area (Å²) in [6.07, 6.45) is 3.78. The molecule has 0 amide bonds. The average Bonchev–Trinajstić information content (AvgIpc) is 3.13. The molecule has 3 rings (SSSR count). The Morgan fingerprint density at radius 2 is 1.71 bits per heavy atom. The minimum atomic E-state index is -0.108. The molecular weight excluding hydrogens is 344 g/mol. The van der Waals surface area contributed by atoms with E-state index in [4.69, 9.17) is 18.6 Å². The van der Waals surface area contributed by atoms with E-state index in [1.54, 1.807) is 27.6 Å². The predicted molar refractivity (Wildman–Crippen MR) is 99.7 cm³/mol. The molecule has 0 radical (unpaired) electrons. The van der Waals surface area contributed by atoms with Crippen molar-refractivity contribution in [3.05, 3.63) is 41.9 Å². The fraction of sp³-hybridized carbons (Fsp3) is 0.444. The second-order valence-corrected chi connectivity index (χ2v) is 8.52. The van der Waals surface area contributed by atoms with Gasteiger partial charge in [0.25, 0.3) is 0 Å². The van der Waals surface area contributed by atoms with Gasteiger partial charge in [-0.1, -0.05) is 0 Å². The Morgan fingerprint density at radius 1 is 1.04 bits per heavy atom. The van der Waals surface area contributed by atoms with Gasteiger partial charge in [-0.3, -0.25) is 0 Å². The quantitative estimate of drug-likeness (QED) is 0.746. The molecule has 0 spiro atoms. The van der Waals surface area contributed by atoms with Crippen molar-refractivity contribution in [2.45, 2.75) is 16.9 Å². The van der Waals surface area contributed by atoms with Gasteiger partial charge >= 0.3 is 0 Å². The van der Waals surface area contributed by atoms with Crippen molar-refractivity contribution in [1.82, 2.24) is 0 Å². The summed E-state index contributed by atoms with van der Waals surface area (Å²) in [5, 5.41) is 0. The van der Waals surface area contributed by atoms with Gasteiger partial charge in [0.2, 0.25) is 5.75 Å². The molecule has 0 saturated carbocycles. The number of hydrogen-bond donors (Lipinski definition) is 0. The lowest BCUT2D eigenvalue weighted by Gasteiger charge is -2.36. The first-order valence-electron chi connectivity index (χ1n) is 7.83. The molecule has 0 bridgehead atoms. The summed E-state index contributed by atoms with van der Waals surface area (Å²) in [5.74, 6) is 5.26. The first kappa shape index (κ1) is 17.4. The van der Waals surface area contributed by atoms with Crippen LogP contribution in [0.4, 0.5) is 0 Å². The van der Waals surface area contributed by atoms with Gasteiger partial charge in [-0.05, 0) is 47.8 Å². The third-order valence-electron chi connectivity index (χ3n) is 4.05. The lowest BCUT2D eigenvalue weighted by Crippen LogP contribution is -2.25. The van der Waals surface area contributed by atoms with Crippen LogP contribution in [0.25, 0.3) is 0 Å². The number of hydrogen-bond acceptors (Lipinski definition) is 6. The van der Waals surface area contributed by atoms with Crippen LogP contribution in [0.3, 0.4) is 0 Å². The van der Waals surface area contributed by atoms with E-state index in [0.717, 1.165) is 23.7 Å². The van der Waals surface area contributed by atoms with E-state index in [0.29, 0.717) is 17.2 Å². The van der Waals surface area contributed by atoms with Crippen molar-refractivity contribution in [3.63, 3.8) is 0 Å². The van der Waals surface area contributed by atoms with E-state index >= 15 is 0 Å². The van der Waals surface area contributed by atoms with Crippen LogP contribution >= 0.6 is 23.5 Å². The molecule has 0 atom stereocenters. The Hall–Kier alpha value is -1.40. The molecule has 1 aromatic heterocycles. The molecule has 1 aliphatic heterocycles. The molecule has 0 aliphatic carbocycles. The zero-order valence-electron chi connectivity index (χ0n) is 14.2. The van der Waals surface area contributed by atoms with Crippen LogP contribution in [0.2, 0.25) is 0 Å². The van der Waals surface area contributed by atoms with E-state index in [9.17, 15) is 0 Å². The molecule has 1 aromatic carbocycles. The lowest BCUT2D eigenvalue weighted by atomic mass is 10.1. The minimum absolute atomic E-state index is 0.108. The van der Waals surface area contributed by atoms with E-state index in [2.05, 4.69) is 12.1 Å². The number of ether oxygens (including phenoxy) is 3. The maximum absolute atomic E-state index is 5.63. The highest BCUT2D eigenvalue weighted by molar-refractivity contribution is 8.18. The van der Waals surface area contributed by atoms with Crippen molar-refractivity contribution >= 4 is 23.5 Å². The van der Waals surface area contributed by atoms with Crippen LogP contribution in [-0.2, 0) is 10.5 Å². The molecule has 4 nitrogen and oxygen atoms in total. The first-order chi connectivity index (χ1) is 11.7. The lowest BCUT2D eigenvalue weighted by molar-refractivity contribution is 0.323. The van der Waals surface area contributed by atoms with Crippen LogP contribution in [0, 0.1) is 0 Å². The van der Waals surface area contributed by atoms with Crippen LogP contribution in [0.5, 0.6) is 17.2 Å². The molecule has 0 N–H and O–H groups in total. The molecule has 2 heterocycles. The zero-order valence-corrected chi connectivity index (χ0v) is 15.8. The Labute approximate surface area is 151 Å². The second kappa shape index (κ2) is 7.66. The summed E-state index contributed by atoms with van der Waals surface area (Å²) in [7, 11) is 4.94. The van der Waals surface area contributed by atoms with E-state index in [1.165, 1.54) is 12.0 Å². The van der Waals surface area contributed by atoms with Gasteiger partial charge in [-0.15, -0.1) is 23.5 Å². The minimum Gasteiger partial charge on any atom is -0.493 e. The summed E-state index contributed by atoms with van der Waals surface area (Å²) in [5.41, 5.74) is 1.17. The van der Waals surface area contributed by atoms with E-state index in [-0.39, 0.29) is 4.08 Å². The Bertz CT molecular complexity index is 639. The fourth-order valence-electron chi connectivity index (χ4n) is 2.89. The summed E-state index contributed by atoms with van der Waals surface area (Å²) in [6, 6.07) is 8.11. The SMILES string of the molecule is COc1cc(C2(Cc3ccco3)SCCCS2)cc(OC)c1OC. The monoisotopic (exact) mass is 366 g/mol. The number of thioether (sulfide) groups is 2. The third-order valence-corrected chi connectivity index (χ3v) is 7.44. The molecule has 6 heteroatoms. The van der Waals surface area contributed by atoms with Crippen LogP contribution in [0.1, 0.15) is 17.7 Å². The van der Waals surface area contributed by atoms with E-state index < -0.39 is 0 Å². The Morgan fingerprint density at radius 3 is 2.21 bits per heavy atom. The summed E-state index contributed by atoms with van der Waals surface area (Å²) in [6.45, 7) is 0. The molecule has 2 aromatic rings.